The Hall–Kier alpha value is 0.01000. The number of piperazine rings is 1. The van der Waals surface area contributed by atoms with Gasteiger partial charge in [0.15, 0.2) is 0 Å². The summed E-state index contributed by atoms with van der Waals surface area (Å²) in [4.78, 5) is 2.61. The van der Waals surface area contributed by atoms with Gasteiger partial charge in [-0.15, -0.1) is 24.8 Å². The minimum absolute atomic E-state index is 0. The van der Waals surface area contributed by atoms with Gasteiger partial charge in [0.1, 0.15) is 0 Å². The number of hydrogen-bond acceptors (Lipinski definition) is 2. The third-order valence-electron chi connectivity index (χ3n) is 3.68. The van der Waals surface area contributed by atoms with Gasteiger partial charge < -0.3 is 5.32 Å². The molecule has 0 saturated carbocycles. The molecule has 116 valence electrons. The van der Waals surface area contributed by atoms with Gasteiger partial charge in [-0.25, -0.2) is 0 Å². The van der Waals surface area contributed by atoms with Crippen LogP contribution in [0.3, 0.4) is 0 Å². The molecule has 0 aromatic heterocycles. The van der Waals surface area contributed by atoms with E-state index in [4.69, 9.17) is 11.6 Å². The maximum atomic E-state index is 5.98. The van der Waals surface area contributed by atoms with Gasteiger partial charge in [0, 0.05) is 37.2 Å². The molecule has 1 aliphatic heterocycles. The molecule has 5 heteroatoms. The molecule has 2 rings (SSSR count). The highest BCUT2D eigenvalue weighted by molar-refractivity contribution is 6.30. The van der Waals surface area contributed by atoms with E-state index < -0.39 is 0 Å². The van der Waals surface area contributed by atoms with Gasteiger partial charge in [0.2, 0.25) is 0 Å². The molecule has 0 aliphatic carbocycles. The van der Waals surface area contributed by atoms with Gasteiger partial charge in [-0.05, 0) is 24.1 Å². The summed E-state index contributed by atoms with van der Waals surface area (Å²) >= 11 is 5.98. The van der Waals surface area contributed by atoms with Crippen LogP contribution in [0.5, 0.6) is 0 Å². The number of hydrogen-bond donors (Lipinski definition) is 1. The first kappa shape index (κ1) is 20.0. The number of nitrogens with one attached hydrogen (secondary N) is 1. The van der Waals surface area contributed by atoms with Crippen LogP contribution in [0.1, 0.15) is 37.8 Å². The molecule has 1 saturated heterocycles. The average molecular weight is 340 g/mol. The second-order valence-electron chi connectivity index (χ2n) is 5.00. The summed E-state index contributed by atoms with van der Waals surface area (Å²) in [6.07, 6.45) is 3.80. The van der Waals surface area contributed by atoms with E-state index in [1.165, 1.54) is 24.8 Å². The van der Waals surface area contributed by atoms with Crippen molar-refractivity contribution in [1.82, 2.24) is 10.2 Å². The van der Waals surface area contributed by atoms with Crippen molar-refractivity contribution in [2.45, 2.75) is 32.2 Å². The lowest BCUT2D eigenvalue weighted by Crippen LogP contribution is -2.45. The predicted octanol–water partition coefficient (Wildman–Crippen LogP) is 4.32. The van der Waals surface area contributed by atoms with Gasteiger partial charge in [0.05, 0.1) is 0 Å². The second kappa shape index (κ2) is 10.7. The molecular weight excluding hydrogens is 315 g/mol. The SMILES string of the molecule is CCCC[C@H](c1ccc(Cl)cc1)N1CCNCC1.Cl.Cl. The first-order chi connectivity index (χ1) is 8.81. The summed E-state index contributed by atoms with van der Waals surface area (Å²) in [6.45, 7) is 6.77. The molecule has 1 atom stereocenters. The number of unbranched alkanes of at least 4 members (excludes halogenated alkanes) is 1. The highest BCUT2D eigenvalue weighted by Crippen LogP contribution is 2.27. The largest absolute Gasteiger partial charge is 0.314 e. The van der Waals surface area contributed by atoms with E-state index >= 15 is 0 Å². The van der Waals surface area contributed by atoms with Crippen LogP contribution in [0, 0.1) is 0 Å². The van der Waals surface area contributed by atoms with Crippen LogP contribution < -0.4 is 5.32 Å². The maximum absolute atomic E-state index is 5.98. The predicted molar refractivity (Wildman–Crippen MR) is 92.7 cm³/mol. The van der Waals surface area contributed by atoms with Crippen LogP contribution in [0.15, 0.2) is 24.3 Å². The van der Waals surface area contributed by atoms with E-state index in [2.05, 4.69) is 29.3 Å². The molecule has 1 aliphatic rings. The third kappa shape index (κ3) is 5.79. The lowest BCUT2D eigenvalue weighted by Gasteiger charge is -2.35. The fourth-order valence-corrected chi connectivity index (χ4v) is 2.76. The van der Waals surface area contributed by atoms with Crippen molar-refractivity contribution in [3.63, 3.8) is 0 Å². The Balaban J connectivity index is 0.00000180. The van der Waals surface area contributed by atoms with Crippen molar-refractivity contribution in [2.24, 2.45) is 0 Å². The van der Waals surface area contributed by atoms with E-state index in [0.29, 0.717) is 6.04 Å². The molecule has 1 N–H and O–H groups in total. The van der Waals surface area contributed by atoms with Gasteiger partial charge in [-0.3, -0.25) is 4.90 Å². The van der Waals surface area contributed by atoms with Crippen LogP contribution in [0.25, 0.3) is 0 Å². The number of halogens is 3. The summed E-state index contributed by atoms with van der Waals surface area (Å²) in [5.74, 6) is 0. The van der Waals surface area contributed by atoms with Crippen LogP contribution in [0.2, 0.25) is 5.02 Å². The van der Waals surface area contributed by atoms with Crippen molar-refractivity contribution >= 4 is 36.4 Å². The first-order valence-electron chi connectivity index (χ1n) is 7.01. The van der Waals surface area contributed by atoms with Gasteiger partial charge in [-0.1, -0.05) is 43.5 Å². The molecule has 2 nitrogen and oxygen atoms in total. The zero-order chi connectivity index (χ0) is 12.8. The molecular formula is C15H25Cl3N2. The Morgan fingerprint density at radius 2 is 1.75 bits per heavy atom. The highest BCUT2D eigenvalue weighted by atomic mass is 35.5. The van der Waals surface area contributed by atoms with Gasteiger partial charge in [0.25, 0.3) is 0 Å². The standard InChI is InChI=1S/C15H23ClN2.2ClH/c1-2-3-4-15(18-11-9-17-10-12-18)13-5-7-14(16)8-6-13;;/h5-8,15,17H,2-4,9-12H2,1H3;2*1H/t15-;;/m1../s1. The third-order valence-corrected chi connectivity index (χ3v) is 3.93. The van der Waals surface area contributed by atoms with Crippen LogP contribution in [-0.4, -0.2) is 31.1 Å². The lowest BCUT2D eigenvalue weighted by atomic mass is 9.99. The monoisotopic (exact) mass is 338 g/mol. The Kier molecular flexibility index (Phi) is 10.7. The van der Waals surface area contributed by atoms with Crippen molar-refractivity contribution in [1.29, 1.82) is 0 Å². The first-order valence-corrected chi connectivity index (χ1v) is 7.39. The van der Waals surface area contributed by atoms with E-state index in [9.17, 15) is 0 Å². The fraction of sp³-hybridized carbons (Fsp3) is 0.600. The minimum atomic E-state index is 0. The summed E-state index contributed by atoms with van der Waals surface area (Å²) in [7, 11) is 0. The molecule has 1 aromatic rings. The van der Waals surface area contributed by atoms with Crippen molar-refractivity contribution < 1.29 is 0 Å². The average Bonchev–Trinajstić information content (AvgIpc) is 2.42. The quantitative estimate of drug-likeness (QED) is 0.859. The Morgan fingerprint density at radius 3 is 2.30 bits per heavy atom. The second-order valence-corrected chi connectivity index (χ2v) is 5.43. The Bertz CT molecular complexity index is 351. The summed E-state index contributed by atoms with van der Waals surface area (Å²) in [5, 5.41) is 4.25. The topological polar surface area (TPSA) is 15.3 Å². The number of nitrogens with zero attached hydrogens (tertiary/aromatic N) is 1. The smallest absolute Gasteiger partial charge is 0.0406 e. The Morgan fingerprint density at radius 1 is 1.15 bits per heavy atom. The van der Waals surface area contributed by atoms with Crippen LogP contribution in [0.4, 0.5) is 0 Å². The zero-order valence-electron chi connectivity index (χ0n) is 12.0. The molecule has 0 amide bonds. The highest BCUT2D eigenvalue weighted by Gasteiger charge is 2.21. The zero-order valence-corrected chi connectivity index (χ0v) is 14.4. The Labute approximate surface area is 140 Å². The van der Waals surface area contributed by atoms with Crippen molar-refractivity contribution in [3.8, 4) is 0 Å². The van der Waals surface area contributed by atoms with Crippen molar-refractivity contribution in [2.75, 3.05) is 26.2 Å². The summed E-state index contributed by atoms with van der Waals surface area (Å²) in [5.41, 5.74) is 1.41. The van der Waals surface area contributed by atoms with Crippen LogP contribution in [-0.2, 0) is 0 Å². The summed E-state index contributed by atoms with van der Waals surface area (Å²) < 4.78 is 0. The van der Waals surface area contributed by atoms with Crippen molar-refractivity contribution in [3.05, 3.63) is 34.9 Å². The molecule has 0 radical (unpaired) electrons. The van der Waals surface area contributed by atoms with Gasteiger partial charge >= 0.3 is 0 Å². The molecule has 0 spiro atoms. The van der Waals surface area contributed by atoms with Crippen LogP contribution >= 0.6 is 36.4 Å². The molecule has 20 heavy (non-hydrogen) atoms. The minimum Gasteiger partial charge on any atom is -0.314 e. The van der Waals surface area contributed by atoms with Gasteiger partial charge in [-0.2, -0.15) is 0 Å². The number of benzene rings is 1. The normalized spacial score (nSPS) is 16.9. The molecule has 0 bridgehead atoms. The maximum Gasteiger partial charge on any atom is 0.0406 e. The molecule has 1 heterocycles. The van der Waals surface area contributed by atoms with E-state index in [1.54, 1.807) is 0 Å². The molecule has 1 fully saturated rings. The lowest BCUT2D eigenvalue weighted by molar-refractivity contribution is 0.163. The van der Waals surface area contributed by atoms with E-state index in [-0.39, 0.29) is 24.8 Å². The fourth-order valence-electron chi connectivity index (χ4n) is 2.64. The molecule has 0 unspecified atom stereocenters. The number of rotatable bonds is 5. The summed E-state index contributed by atoms with van der Waals surface area (Å²) in [6, 6.07) is 8.95. The van der Waals surface area contributed by atoms with E-state index in [1.807, 2.05) is 12.1 Å². The molecule has 1 aromatic carbocycles. The van der Waals surface area contributed by atoms with E-state index in [0.717, 1.165) is 31.2 Å².